The number of halogens is 2. The van der Waals surface area contributed by atoms with E-state index in [1.54, 1.807) is 4.90 Å². The summed E-state index contributed by atoms with van der Waals surface area (Å²) in [6, 6.07) is 3.36. The predicted octanol–water partition coefficient (Wildman–Crippen LogP) is 1.80. The van der Waals surface area contributed by atoms with Gasteiger partial charge < -0.3 is 19.9 Å². The van der Waals surface area contributed by atoms with Crippen molar-refractivity contribution in [3.8, 4) is 5.75 Å². The molecule has 2 N–H and O–H groups in total. The molecule has 3 heterocycles. The molecule has 2 aliphatic heterocycles. The van der Waals surface area contributed by atoms with Crippen molar-refractivity contribution >= 4 is 11.8 Å². The van der Waals surface area contributed by atoms with E-state index in [4.69, 9.17) is 0 Å². The Labute approximate surface area is 188 Å². The topological polar surface area (TPSA) is 94.9 Å². The number of nitrogens with one attached hydrogen (secondary N) is 1. The number of rotatable bonds is 4. The Hall–Kier alpha value is -3.27. The molecule has 1 unspecified atom stereocenters. The Morgan fingerprint density at radius 3 is 2.67 bits per heavy atom. The van der Waals surface area contributed by atoms with E-state index in [-0.39, 0.29) is 35.6 Å². The van der Waals surface area contributed by atoms with Crippen LogP contribution in [0.5, 0.6) is 5.75 Å². The molecule has 10 heteroatoms. The minimum atomic E-state index is -0.964. The summed E-state index contributed by atoms with van der Waals surface area (Å²) in [4.78, 5) is 42.8. The third-order valence-corrected chi connectivity index (χ3v) is 6.75. The molecule has 174 valence electrons. The summed E-state index contributed by atoms with van der Waals surface area (Å²) in [7, 11) is 0. The Kier molecular flexibility index (Phi) is 5.19. The molecule has 3 aliphatic rings. The van der Waals surface area contributed by atoms with Crippen LogP contribution in [0, 0.1) is 11.6 Å². The van der Waals surface area contributed by atoms with Crippen LogP contribution in [0.15, 0.2) is 29.2 Å². The van der Waals surface area contributed by atoms with E-state index in [0.29, 0.717) is 18.7 Å². The molecule has 8 nitrogen and oxygen atoms in total. The summed E-state index contributed by atoms with van der Waals surface area (Å²) in [5.74, 6) is -3.58. The van der Waals surface area contributed by atoms with E-state index in [1.807, 2.05) is 6.92 Å². The zero-order valence-electron chi connectivity index (χ0n) is 18.1. The number of carbonyl (C=O) groups is 2. The van der Waals surface area contributed by atoms with E-state index in [9.17, 15) is 28.3 Å². The molecule has 2 fully saturated rings. The first-order chi connectivity index (χ1) is 15.8. The van der Waals surface area contributed by atoms with Crippen LogP contribution in [-0.2, 0) is 13.1 Å². The van der Waals surface area contributed by atoms with Gasteiger partial charge in [0.25, 0.3) is 11.8 Å². The van der Waals surface area contributed by atoms with Crippen molar-refractivity contribution in [1.82, 2.24) is 19.7 Å². The van der Waals surface area contributed by atoms with Gasteiger partial charge in [-0.05, 0) is 32.3 Å². The molecule has 1 saturated heterocycles. The predicted molar refractivity (Wildman–Crippen MR) is 114 cm³/mol. The summed E-state index contributed by atoms with van der Waals surface area (Å²) in [5, 5.41) is 13.0. The SMILES string of the molecule is C[C@H]1CCN(C2CC2)C2Cn3cc(C(=O)NCc4ccc(F)cc4F)c(=O)c(O)c3C(=O)N21. The molecule has 1 aliphatic carbocycles. The number of hydrogen-bond donors (Lipinski definition) is 2. The van der Waals surface area contributed by atoms with Gasteiger partial charge in [-0.1, -0.05) is 6.07 Å². The molecule has 1 aromatic heterocycles. The van der Waals surface area contributed by atoms with Gasteiger partial charge in [-0.3, -0.25) is 19.3 Å². The lowest BCUT2D eigenvalue weighted by molar-refractivity contribution is -0.0362. The quantitative estimate of drug-likeness (QED) is 0.729. The van der Waals surface area contributed by atoms with E-state index in [0.717, 1.165) is 31.9 Å². The maximum absolute atomic E-state index is 13.9. The second-order valence-electron chi connectivity index (χ2n) is 8.94. The molecule has 0 spiro atoms. The van der Waals surface area contributed by atoms with Crippen LogP contribution in [0.1, 0.15) is 52.6 Å². The zero-order valence-corrected chi connectivity index (χ0v) is 18.1. The number of amides is 2. The Bertz CT molecular complexity index is 1210. The molecule has 0 radical (unpaired) electrons. The number of pyridine rings is 1. The molecule has 2 atom stereocenters. The minimum absolute atomic E-state index is 0.0330. The number of hydrogen-bond acceptors (Lipinski definition) is 5. The molecule has 0 bridgehead atoms. The van der Waals surface area contributed by atoms with Crippen molar-refractivity contribution < 1.29 is 23.5 Å². The smallest absolute Gasteiger partial charge is 0.276 e. The summed E-state index contributed by atoms with van der Waals surface area (Å²) >= 11 is 0. The van der Waals surface area contributed by atoms with Crippen LogP contribution in [0.25, 0.3) is 0 Å². The highest BCUT2D eigenvalue weighted by atomic mass is 19.1. The minimum Gasteiger partial charge on any atom is -0.503 e. The van der Waals surface area contributed by atoms with Crippen LogP contribution in [0.3, 0.4) is 0 Å². The van der Waals surface area contributed by atoms with Gasteiger partial charge in [0.2, 0.25) is 5.43 Å². The van der Waals surface area contributed by atoms with E-state index >= 15 is 0 Å². The maximum Gasteiger partial charge on any atom is 0.276 e. The summed E-state index contributed by atoms with van der Waals surface area (Å²) in [6.07, 6.45) is 4.02. The Morgan fingerprint density at radius 2 is 1.97 bits per heavy atom. The normalized spacial score (nSPS) is 22.6. The molecular formula is C23H24F2N4O4. The lowest BCUT2D eigenvalue weighted by atomic mass is 10.0. The van der Waals surface area contributed by atoms with Gasteiger partial charge in [0.15, 0.2) is 11.4 Å². The van der Waals surface area contributed by atoms with Gasteiger partial charge in [-0.2, -0.15) is 0 Å². The first-order valence-electron chi connectivity index (χ1n) is 11.0. The third kappa shape index (κ3) is 3.68. The average molecular weight is 458 g/mol. The second-order valence-corrected chi connectivity index (χ2v) is 8.94. The van der Waals surface area contributed by atoms with Crippen molar-refractivity contribution in [2.24, 2.45) is 0 Å². The average Bonchev–Trinajstić information content (AvgIpc) is 3.60. The number of aromatic hydroxyl groups is 1. The van der Waals surface area contributed by atoms with Gasteiger partial charge in [0.1, 0.15) is 23.4 Å². The third-order valence-electron chi connectivity index (χ3n) is 6.75. The van der Waals surface area contributed by atoms with E-state index < -0.39 is 34.6 Å². The Morgan fingerprint density at radius 1 is 1.21 bits per heavy atom. The monoisotopic (exact) mass is 458 g/mol. The van der Waals surface area contributed by atoms with Gasteiger partial charge in [-0.15, -0.1) is 0 Å². The van der Waals surface area contributed by atoms with E-state index in [1.165, 1.54) is 16.8 Å². The van der Waals surface area contributed by atoms with Gasteiger partial charge in [0.05, 0.1) is 6.54 Å². The fourth-order valence-corrected chi connectivity index (χ4v) is 4.85. The van der Waals surface area contributed by atoms with Crippen LogP contribution < -0.4 is 10.7 Å². The molecule has 2 amide bonds. The molecule has 33 heavy (non-hydrogen) atoms. The lowest BCUT2D eigenvalue weighted by Gasteiger charge is -2.50. The van der Waals surface area contributed by atoms with Crippen molar-refractivity contribution in [3.63, 3.8) is 0 Å². The lowest BCUT2D eigenvalue weighted by Crippen LogP contribution is -2.64. The van der Waals surface area contributed by atoms with E-state index in [2.05, 4.69) is 10.2 Å². The molecule has 1 saturated carbocycles. The van der Waals surface area contributed by atoms with Crippen molar-refractivity contribution in [2.75, 3.05) is 6.54 Å². The highest BCUT2D eigenvalue weighted by Crippen LogP contribution is 2.37. The molecule has 1 aromatic carbocycles. The first kappa shape index (κ1) is 21.6. The zero-order chi connectivity index (χ0) is 23.4. The number of fused-ring (bicyclic) bond motifs is 2. The fourth-order valence-electron chi connectivity index (χ4n) is 4.85. The number of nitrogens with zero attached hydrogens (tertiary/aromatic N) is 3. The van der Waals surface area contributed by atoms with Crippen LogP contribution in [0.4, 0.5) is 8.78 Å². The summed E-state index contributed by atoms with van der Waals surface area (Å²) in [6.45, 7) is 2.87. The van der Waals surface area contributed by atoms with Gasteiger partial charge >= 0.3 is 0 Å². The van der Waals surface area contributed by atoms with Crippen molar-refractivity contribution in [2.45, 2.75) is 57.5 Å². The standard InChI is InChI=1S/C23H24F2N4O4/c1-12-6-7-28(15-4-5-15)18-11-27-10-16(20(30)21(31)19(27)23(33)29(12)18)22(32)26-9-13-2-3-14(24)8-17(13)25/h2-3,8,10,12,15,18,31H,4-7,9,11H2,1H3,(H,26,32)/t12-,18?/m0/s1. The van der Waals surface area contributed by atoms with Crippen LogP contribution >= 0.6 is 0 Å². The highest BCUT2D eigenvalue weighted by Gasteiger charge is 2.47. The number of aromatic nitrogens is 1. The second kappa shape index (κ2) is 7.95. The summed E-state index contributed by atoms with van der Waals surface area (Å²) < 4.78 is 28.4. The molecular weight excluding hydrogens is 434 g/mol. The largest absolute Gasteiger partial charge is 0.503 e. The fraction of sp³-hybridized carbons (Fsp3) is 0.435. The van der Waals surface area contributed by atoms with Crippen LogP contribution in [-0.4, -0.2) is 56.1 Å². The number of benzene rings is 1. The summed E-state index contributed by atoms with van der Waals surface area (Å²) in [5.41, 5.74) is -1.38. The Balaban J connectivity index is 1.45. The van der Waals surface area contributed by atoms with Gasteiger partial charge in [-0.25, -0.2) is 8.78 Å². The molecule has 2 aromatic rings. The maximum atomic E-state index is 13.9. The molecule has 5 rings (SSSR count). The van der Waals surface area contributed by atoms with Crippen molar-refractivity contribution in [1.29, 1.82) is 0 Å². The van der Waals surface area contributed by atoms with Gasteiger partial charge in [0, 0.05) is 43.0 Å². The highest BCUT2D eigenvalue weighted by molar-refractivity contribution is 5.99. The first-order valence-corrected chi connectivity index (χ1v) is 11.0. The van der Waals surface area contributed by atoms with Crippen molar-refractivity contribution in [3.05, 3.63) is 63.1 Å². The number of carbonyl (C=O) groups excluding carboxylic acids is 2. The van der Waals surface area contributed by atoms with Crippen LogP contribution in [0.2, 0.25) is 0 Å².